The van der Waals surface area contributed by atoms with Gasteiger partial charge in [-0.05, 0) is 59.9 Å². The van der Waals surface area contributed by atoms with E-state index in [1.807, 2.05) is 43.3 Å². The fourth-order valence-electron chi connectivity index (χ4n) is 6.40. The van der Waals surface area contributed by atoms with Crippen LogP contribution in [0.3, 0.4) is 0 Å². The Kier molecular flexibility index (Phi) is 9.02. The lowest BCUT2D eigenvalue weighted by molar-refractivity contribution is -0.161. The normalized spacial score (nSPS) is 16.9. The highest BCUT2D eigenvalue weighted by atomic mass is 19.4. The Bertz CT molecular complexity index is 1790. The van der Waals surface area contributed by atoms with Gasteiger partial charge in [0.15, 0.2) is 0 Å². The van der Waals surface area contributed by atoms with Gasteiger partial charge in [0.1, 0.15) is 24.1 Å². The first-order valence-electron chi connectivity index (χ1n) is 15.7. The fourth-order valence-corrected chi connectivity index (χ4v) is 6.40. The highest BCUT2D eigenvalue weighted by Crippen LogP contribution is 2.50. The monoisotopic (exact) mass is 641 g/mol. The molecule has 10 heteroatoms. The number of rotatable bonds is 10. The Morgan fingerprint density at radius 2 is 1.62 bits per heavy atom. The van der Waals surface area contributed by atoms with Crippen molar-refractivity contribution in [3.05, 3.63) is 114 Å². The Labute approximate surface area is 270 Å². The predicted molar refractivity (Wildman–Crippen MR) is 172 cm³/mol. The van der Waals surface area contributed by atoms with Crippen LogP contribution < -0.4 is 15.0 Å². The van der Waals surface area contributed by atoms with Crippen molar-refractivity contribution in [2.75, 3.05) is 24.5 Å². The Hall–Kier alpha value is -5.12. The maximum atomic E-state index is 14.1. The number of anilines is 1. The van der Waals surface area contributed by atoms with E-state index in [1.165, 1.54) is 4.90 Å². The topological polar surface area (TPSA) is 79.0 Å². The number of nitrogens with zero attached hydrogens (tertiary/aromatic N) is 2. The largest absolute Gasteiger partial charge is 0.457 e. The highest BCUT2D eigenvalue weighted by molar-refractivity contribution is 6.07. The number of fused-ring (bicyclic) bond motifs is 3. The van der Waals surface area contributed by atoms with Crippen molar-refractivity contribution in [3.8, 4) is 22.6 Å². The zero-order chi connectivity index (χ0) is 33.1. The molecule has 0 radical (unpaired) electrons. The van der Waals surface area contributed by atoms with Gasteiger partial charge in [-0.1, -0.05) is 80.1 Å². The Balaban J connectivity index is 1.28. The van der Waals surface area contributed by atoms with Crippen LogP contribution in [0.5, 0.6) is 11.5 Å². The third kappa shape index (κ3) is 6.58. The van der Waals surface area contributed by atoms with Crippen molar-refractivity contribution in [3.63, 3.8) is 0 Å². The molecule has 1 heterocycles. The predicted octanol–water partition coefficient (Wildman–Crippen LogP) is 7.32. The minimum Gasteiger partial charge on any atom is -0.457 e. The average molecular weight is 642 g/mol. The Morgan fingerprint density at radius 1 is 0.915 bits per heavy atom. The van der Waals surface area contributed by atoms with Crippen molar-refractivity contribution in [1.29, 1.82) is 0 Å². The third-order valence-electron chi connectivity index (χ3n) is 8.55. The van der Waals surface area contributed by atoms with Crippen LogP contribution in [0.2, 0.25) is 0 Å². The second-order valence-electron chi connectivity index (χ2n) is 11.7. The van der Waals surface area contributed by atoms with Crippen LogP contribution in [-0.2, 0) is 9.59 Å². The smallest absolute Gasteiger partial charge is 0.406 e. The molecule has 2 atom stereocenters. The van der Waals surface area contributed by atoms with Crippen molar-refractivity contribution in [2.45, 2.75) is 44.3 Å². The molecule has 1 aliphatic heterocycles. The first kappa shape index (κ1) is 31.8. The molecular formula is C37H34F3N3O4. The number of halogens is 3. The molecule has 0 aromatic heterocycles. The molecule has 1 saturated heterocycles. The highest BCUT2D eigenvalue weighted by Gasteiger charge is 2.44. The molecule has 47 heavy (non-hydrogen) atoms. The number of amides is 3. The van der Waals surface area contributed by atoms with Gasteiger partial charge in [-0.2, -0.15) is 13.2 Å². The van der Waals surface area contributed by atoms with Gasteiger partial charge in [-0.25, -0.2) is 0 Å². The number of carbonyl (C=O) groups excluding carboxylic acids is 3. The molecule has 1 aliphatic carbocycles. The fraction of sp³-hybridized carbons (Fsp3) is 0.270. The van der Waals surface area contributed by atoms with Crippen molar-refractivity contribution in [1.82, 2.24) is 10.2 Å². The van der Waals surface area contributed by atoms with E-state index >= 15 is 0 Å². The van der Waals surface area contributed by atoms with Crippen LogP contribution >= 0.6 is 0 Å². The summed E-state index contributed by atoms with van der Waals surface area (Å²) < 4.78 is 46.9. The molecule has 3 amide bonds. The van der Waals surface area contributed by atoms with Crippen LogP contribution in [0, 0.1) is 0 Å². The van der Waals surface area contributed by atoms with E-state index in [9.17, 15) is 27.6 Å². The number of nitrogens with one attached hydrogen (secondary N) is 1. The maximum Gasteiger partial charge on any atom is 0.406 e. The van der Waals surface area contributed by atoms with E-state index in [4.69, 9.17) is 4.74 Å². The summed E-state index contributed by atoms with van der Waals surface area (Å²) in [5, 5.41) is 2.85. The van der Waals surface area contributed by atoms with Crippen LogP contribution in [0.4, 0.5) is 18.9 Å². The first-order chi connectivity index (χ1) is 22.7. The minimum atomic E-state index is -4.56. The first-order valence-corrected chi connectivity index (χ1v) is 15.7. The lowest BCUT2D eigenvalue weighted by Crippen LogP contribution is -2.43. The quantitative estimate of drug-likeness (QED) is 0.197. The Morgan fingerprint density at radius 3 is 2.38 bits per heavy atom. The number of unbranched alkanes of at least 4 members (excludes halogenated alkanes) is 1. The van der Waals surface area contributed by atoms with Gasteiger partial charge in [0.25, 0.3) is 5.91 Å². The molecular weight excluding hydrogens is 607 g/mol. The van der Waals surface area contributed by atoms with Crippen LogP contribution in [0.25, 0.3) is 11.1 Å². The van der Waals surface area contributed by atoms with Gasteiger partial charge in [-0.3, -0.25) is 14.4 Å². The molecule has 2 aliphatic rings. The number of benzene rings is 4. The van der Waals surface area contributed by atoms with E-state index in [0.29, 0.717) is 53.1 Å². The molecule has 7 nitrogen and oxygen atoms in total. The zero-order valence-electron chi connectivity index (χ0n) is 25.8. The summed E-state index contributed by atoms with van der Waals surface area (Å²) in [4.78, 5) is 43.9. The van der Waals surface area contributed by atoms with E-state index in [2.05, 4.69) is 5.32 Å². The standard InChI is InChI=1S/C37H34F3N3O4/c1-2-3-21-42(23-37(38,39)40)36(46)33-27-15-8-7-14-25(27)26-17-11-18-30(32(26)33)43-22-20-29(35(43)45)41-34(44)28-16-9-10-19-31(28)47-24-12-5-4-6-13-24/h4-19,29,33H,2-3,20-23H2,1H3,(H,41,44). The molecule has 6 rings (SSSR count). The summed E-state index contributed by atoms with van der Waals surface area (Å²) in [5.74, 6) is -1.61. The van der Waals surface area contributed by atoms with Gasteiger partial charge >= 0.3 is 6.18 Å². The van der Waals surface area contributed by atoms with Gasteiger partial charge in [0, 0.05) is 24.3 Å². The van der Waals surface area contributed by atoms with Crippen LogP contribution in [0.1, 0.15) is 53.6 Å². The van der Waals surface area contributed by atoms with Crippen molar-refractivity contribution >= 4 is 23.4 Å². The SMILES string of the molecule is CCCCN(CC(F)(F)F)C(=O)C1c2ccccc2-c2cccc(N3CCC(NC(=O)c4ccccc4Oc4ccccc4)C3=O)c21. The molecule has 2 unspecified atom stereocenters. The number of alkyl halides is 3. The van der Waals surface area contributed by atoms with E-state index in [1.54, 1.807) is 60.7 Å². The van der Waals surface area contributed by atoms with Gasteiger partial charge < -0.3 is 19.9 Å². The summed E-state index contributed by atoms with van der Waals surface area (Å²) in [5.41, 5.74) is 3.28. The van der Waals surface area contributed by atoms with Crippen LogP contribution in [-0.4, -0.2) is 54.5 Å². The summed E-state index contributed by atoms with van der Waals surface area (Å²) in [6.45, 7) is 0.727. The van der Waals surface area contributed by atoms with E-state index in [0.717, 1.165) is 10.5 Å². The number of hydrogen-bond acceptors (Lipinski definition) is 4. The molecule has 242 valence electrons. The summed E-state index contributed by atoms with van der Waals surface area (Å²) in [7, 11) is 0. The van der Waals surface area contributed by atoms with Gasteiger partial charge in [0.2, 0.25) is 11.8 Å². The zero-order valence-corrected chi connectivity index (χ0v) is 25.8. The maximum absolute atomic E-state index is 14.1. The van der Waals surface area contributed by atoms with E-state index in [-0.39, 0.29) is 24.6 Å². The molecule has 1 fully saturated rings. The lowest BCUT2D eigenvalue weighted by atomic mass is 9.93. The number of ether oxygens (including phenoxy) is 1. The van der Waals surface area contributed by atoms with Crippen LogP contribution in [0.15, 0.2) is 97.1 Å². The summed E-state index contributed by atoms with van der Waals surface area (Å²) in [6, 6.07) is 27.4. The number of para-hydroxylation sites is 2. The molecule has 0 spiro atoms. The molecule has 0 saturated carbocycles. The molecule has 4 aromatic rings. The van der Waals surface area contributed by atoms with E-state index < -0.39 is 36.5 Å². The summed E-state index contributed by atoms with van der Waals surface area (Å²) in [6.07, 6.45) is -3.21. The van der Waals surface area contributed by atoms with Gasteiger partial charge in [0.05, 0.1) is 11.5 Å². The van der Waals surface area contributed by atoms with Gasteiger partial charge in [-0.15, -0.1) is 0 Å². The average Bonchev–Trinajstić information content (AvgIpc) is 3.60. The molecule has 1 N–H and O–H groups in total. The van der Waals surface area contributed by atoms with Crippen molar-refractivity contribution < 1.29 is 32.3 Å². The molecule has 4 aromatic carbocycles. The second-order valence-corrected chi connectivity index (χ2v) is 11.7. The third-order valence-corrected chi connectivity index (χ3v) is 8.55. The lowest BCUT2D eigenvalue weighted by Gasteiger charge is -2.29. The molecule has 0 bridgehead atoms. The summed E-state index contributed by atoms with van der Waals surface area (Å²) >= 11 is 0. The number of hydrogen-bond donors (Lipinski definition) is 1. The number of carbonyl (C=O) groups is 3. The second kappa shape index (κ2) is 13.3. The van der Waals surface area contributed by atoms with Crippen molar-refractivity contribution in [2.24, 2.45) is 0 Å². The minimum absolute atomic E-state index is 0.0305.